The van der Waals surface area contributed by atoms with Crippen LogP contribution in [0.5, 0.6) is 11.5 Å². The maximum Gasteiger partial charge on any atom is 0.239 e. The van der Waals surface area contributed by atoms with E-state index in [4.69, 9.17) is 9.47 Å². The van der Waals surface area contributed by atoms with Crippen LogP contribution in [0.1, 0.15) is 25.5 Å². The van der Waals surface area contributed by atoms with Crippen LogP contribution in [0.4, 0.5) is 5.82 Å². The van der Waals surface area contributed by atoms with Crippen LogP contribution in [0.25, 0.3) is 0 Å². The Hall–Kier alpha value is -2.54. The fourth-order valence-corrected chi connectivity index (χ4v) is 2.60. The minimum Gasteiger partial charge on any atom is -0.493 e. The van der Waals surface area contributed by atoms with Crippen LogP contribution in [0.15, 0.2) is 30.5 Å². The predicted molar refractivity (Wildman–Crippen MR) is 97.1 cm³/mol. The number of carbonyl (C=O) groups is 1. The molecule has 1 aromatic carbocycles. The van der Waals surface area contributed by atoms with Crippen molar-refractivity contribution in [1.82, 2.24) is 14.7 Å². The van der Waals surface area contributed by atoms with E-state index in [2.05, 4.69) is 10.4 Å². The molecular weight excluding hydrogens is 320 g/mol. The Morgan fingerprint density at radius 3 is 2.60 bits per heavy atom. The number of nitrogens with one attached hydrogen (secondary N) is 1. The molecule has 0 saturated heterocycles. The fraction of sp³-hybridized carbons (Fsp3) is 0.444. The molecule has 1 heterocycles. The van der Waals surface area contributed by atoms with Gasteiger partial charge in [0.15, 0.2) is 11.5 Å². The van der Waals surface area contributed by atoms with Gasteiger partial charge in [-0.05, 0) is 38.6 Å². The van der Waals surface area contributed by atoms with E-state index in [0.717, 1.165) is 5.56 Å². The van der Waals surface area contributed by atoms with Crippen molar-refractivity contribution in [2.75, 3.05) is 33.1 Å². The first-order chi connectivity index (χ1) is 11.9. The van der Waals surface area contributed by atoms with Crippen LogP contribution in [0.3, 0.4) is 0 Å². The molecule has 1 amide bonds. The maximum absolute atomic E-state index is 12.3. The second-order valence-electron chi connectivity index (χ2n) is 6.16. The minimum absolute atomic E-state index is 0.0784. The number of hydrogen-bond donors (Lipinski definition) is 1. The lowest BCUT2D eigenvalue weighted by Crippen LogP contribution is -2.30. The first kappa shape index (κ1) is 18.8. The third-order valence-corrected chi connectivity index (χ3v) is 3.74. The fourth-order valence-electron chi connectivity index (χ4n) is 2.60. The van der Waals surface area contributed by atoms with Crippen LogP contribution in [-0.2, 0) is 11.3 Å². The van der Waals surface area contributed by atoms with E-state index in [9.17, 15) is 4.79 Å². The molecule has 136 valence electrons. The quantitative estimate of drug-likeness (QED) is 0.795. The molecule has 0 fully saturated rings. The number of rotatable bonds is 8. The van der Waals surface area contributed by atoms with E-state index in [0.29, 0.717) is 23.9 Å². The second kappa shape index (κ2) is 8.53. The van der Waals surface area contributed by atoms with E-state index in [-0.39, 0.29) is 18.5 Å². The van der Waals surface area contributed by atoms with Gasteiger partial charge in [-0.3, -0.25) is 9.69 Å². The van der Waals surface area contributed by atoms with Crippen molar-refractivity contribution in [2.45, 2.75) is 26.4 Å². The Kier molecular flexibility index (Phi) is 6.41. The summed E-state index contributed by atoms with van der Waals surface area (Å²) in [7, 11) is 5.11. The van der Waals surface area contributed by atoms with Gasteiger partial charge >= 0.3 is 0 Å². The molecule has 0 aliphatic carbocycles. The van der Waals surface area contributed by atoms with Gasteiger partial charge in [0.25, 0.3) is 0 Å². The van der Waals surface area contributed by atoms with Crippen LogP contribution in [-0.4, -0.2) is 48.4 Å². The van der Waals surface area contributed by atoms with Crippen molar-refractivity contribution < 1.29 is 14.3 Å². The normalized spacial score (nSPS) is 11.0. The molecule has 0 unspecified atom stereocenters. The standard InChI is InChI=1S/C18H26N4O3/c1-13(2)22-17(8-9-19-22)20-18(23)12-21(3)11-14-6-7-15(24-4)16(10-14)25-5/h6-10,13H,11-12H2,1-5H3,(H,20,23). The molecule has 0 bridgehead atoms. The molecule has 1 aromatic heterocycles. The summed E-state index contributed by atoms with van der Waals surface area (Å²) >= 11 is 0. The lowest BCUT2D eigenvalue weighted by Gasteiger charge is -2.18. The smallest absolute Gasteiger partial charge is 0.239 e. The van der Waals surface area contributed by atoms with Gasteiger partial charge in [0, 0.05) is 18.7 Å². The molecule has 1 N–H and O–H groups in total. The van der Waals surface area contributed by atoms with Gasteiger partial charge in [0.2, 0.25) is 5.91 Å². The van der Waals surface area contributed by atoms with E-state index >= 15 is 0 Å². The van der Waals surface area contributed by atoms with Gasteiger partial charge in [0.1, 0.15) is 5.82 Å². The van der Waals surface area contributed by atoms with Crippen LogP contribution >= 0.6 is 0 Å². The topological polar surface area (TPSA) is 68.6 Å². The predicted octanol–water partition coefficient (Wildman–Crippen LogP) is 2.55. The van der Waals surface area contributed by atoms with E-state index in [1.54, 1.807) is 31.2 Å². The summed E-state index contributed by atoms with van der Waals surface area (Å²) in [5, 5.41) is 7.12. The summed E-state index contributed by atoms with van der Waals surface area (Å²) in [6, 6.07) is 7.73. The lowest BCUT2D eigenvalue weighted by molar-refractivity contribution is -0.117. The summed E-state index contributed by atoms with van der Waals surface area (Å²) < 4.78 is 12.3. The Bertz CT molecular complexity index is 712. The molecule has 25 heavy (non-hydrogen) atoms. The number of aromatic nitrogens is 2. The molecule has 0 atom stereocenters. The Labute approximate surface area is 148 Å². The van der Waals surface area contributed by atoms with Crippen LogP contribution in [0.2, 0.25) is 0 Å². The molecule has 0 aliphatic rings. The highest BCUT2D eigenvalue weighted by Gasteiger charge is 2.12. The van der Waals surface area contributed by atoms with Gasteiger partial charge in [-0.2, -0.15) is 5.10 Å². The molecule has 0 saturated carbocycles. The average Bonchev–Trinajstić information content (AvgIpc) is 3.02. The second-order valence-corrected chi connectivity index (χ2v) is 6.16. The number of hydrogen-bond acceptors (Lipinski definition) is 5. The van der Waals surface area contributed by atoms with Crippen molar-refractivity contribution in [3.63, 3.8) is 0 Å². The maximum atomic E-state index is 12.3. The minimum atomic E-state index is -0.0784. The zero-order valence-corrected chi connectivity index (χ0v) is 15.4. The van der Waals surface area contributed by atoms with Gasteiger partial charge in [-0.15, -0.1) is 0 Å². The van der Waals surface area contributed by atoms with Crippen LogP contribution < -0.4 is 14.8 Å². The molecular formula is C18H26N4O3. The summed E-state index contributed by atoms with van der Waals surface area (Å²) in [6.45, 7) is 4.94. The average molecular weight is 346 g/mol. The lowest BCUT2D eigenvalue weighted by atomic mass is 10.2. The van der Waals surface area contributed by atoms with E-state index < -0.39 is 0 Å². The summed E-state index contributed by atoms with van der Waals surface area (Å²) in [5.41, 5.74) is 1.04. The zero-order valence-electron chi connectivity index (χ0n) is 15.4. The molecule has 0 spiro atoms. The van der Waals surface area contributed by atoms with E-state index in [1.807, 2.05) is 44.0 Å². The van der Waals surface area contributed by atoms with Crippen molar-refractivity contribution in [3.8, 4) is 11.5 Å². The number of nitrogens with zero attached hydrogens (tertiary/aromatic N) is 3. The first-order valence-electron chi connectivity index (χ1n) is 8.17. The largest absolute Gasteiger partial charge is 0.493 e. The highest BCUT2D eigenvalue weighted by atomic mass is 16.5. The molecule has 2 aromatic rings. The van der Waals surface area contributed by atoms with Crippen molar-refractivity contribution in [1.29, 1.82) is 0 Å². The number of anilines is 1. The van der Waals surface area contributed by atoms with Gasteiger partial charge < -0.3 is 14.8 Å². The molecule has 2 rings (SSSR count). The molecule has 0 radical (unpaired) electrons. The molecule has 7 nitrogen and oxygen atoms in total. The zero-order chi connectivity index (χ0) is 18.4. The third kappa shape index (κ3) is 4.96. The van der Waals surface area contributed by atoms with Crippen molar-refractivity contribution >= 4 is 11.7 Å². The number of methoxy groups -OCH3 is 2. The summed E-state index contributed by atoms with van der Waals surface area (Å²) in [5.74, 6) is 2.00. The van der Waals surface area contributed by atoms with Crippen molar-refractivity contribution in [2.24, 2.45) is 0 Å². The number of benzene rings is 1. The number of amides is 1. The third-order valence-electron chi connectivity index (χ3n) is 3.74. The number of likely N-dealkylation sites (N-methyl/N-ethyl adjacent to an activating group) is 1. The highest BCUT2D eigenvalue weighted by molar-refractivity contribution is 5.91. The van der Waals surface area contributed by atoms with Crippen molar-refractivity contribution in [3.05, 3.63) is 36.0 Å². The first-order valence-corrected chi connectivity index (χ1v) is 8.17. The van der Waals surface area contributed by atoms with Gasteiger partial charge in [-0.25, -0.2) is 4.68 Å². The van der Waals surface area contributed by atoms with Crippen LogP contribution in [0, 0.1) is 0 Å². The summed E-state index contributed by atoms with van der Waals surface area (Å²) in [4.78, 5) is 14.2. The molecule has 0 aliphatic heterocycles. The number of ether oxygens (including phenoxy) is 2. The Morgan fingerprint density at radius 2 is 1.96 bits per heavy atom. The highest BCUT2D eigenvalue weighted by Crippen LogP contribution is 2.27. The number of carbonyl (C=O) groups excluding carboxylic acids is 1. The monoisotopic (exact) mass is 346 g/mol. The SMILES string of the molecule is COc1ccc(CN(C)CC(=O)Nc2ccnn2C(C)C)cc1OC. The van der Waals surface area contributed by atoms with Gasteiger partial charge in [-0.1, -0.05) is 6.07 Å². The Balaban J connectivity index is 1.94. The van der Waals surface area contributed by atoms with E-state index in [1.165, 1.54) is 0 Å². The van der Waals surface area contributed by atoms with Gasteiger partial charge in [0.05, 0.1) is 27.0 Å². The molecule has 7 heteroatoms. The summed E-state index contributed by atoms with van der Waals surface area (Å²) in [6.07, 6.45) is 1.68. The Morgan fingerprint density at radius 1 is 1.24 bits per heavy atom.